The van der Waals surface area contributed by atoms with E-state index in [-0.39, 0.29) is 0 Å². The van der Waals surface area contributed by atoms with E-state index in [2.05, 4.69) is 48.5 Å². The van der Waals surface area contributed by atoms with Gasteiger partial charge in [-0.3, -0.25) is 0 Å². The first-order chi connectivity index (χ1) is 16.4. The third-order valence-electron chi connectivity index (χ3n) is 8.35. The number of aldehydes is 1. The molecule has 0 saturated heterocycles. The number of rotatable bonds is 24. The van der Waals surface area contributed by atoms with E-state index in [9.17, 15) is 4.79 Å². The van der Waals surface area contributed by atoms with E-state index in [0.29, 0.717) is 0 Å². The van der Waals surface area contributed by atoms with Crippen LogP contribution < -0.4 is 0 Å². The summed E-state index contributed by atoms with van der Waals surface area (Å²) >= 11 is -5.59. The van der Waals surface area contributed by atoms with E-state index in [1.165, 1.54) is 114 Å². The Hall–Kier alpha value is 0.807. The number of carbonyl (C=O) groups excluding carboxylic acids is 1. The van der Waals surface area contributed by atoms with Gasteiger partial charge in [0.05, 0.1) is 0 Å². The molecule has 0 aromatic carbocycles. The first-order valence-corrected chi connectivity index (χ1v) is 30.8. The molecule has 0 aromatic heterocycles. The summed E-state index contributed by atoms with van der Waals surface area (Å²) in [6.07, 6.45) is 21.0. The first kappa shape index (κ1) is 34.8. The van der Waals surface area contributed by atoms with Crippen molar-refractivity contribution >= 4 is 43.0 Å². The molecule has 0 radical (unpaired) electrons. The summed E-state index contributed by atoms with van der Waals surface area (Å²) in [7, 11) is 0. The van der Waals surface area contributed by atoms with E-state index in [1.807, 2.05) is 12.3 Å². The molecule has 0 bridgehead atoms. The second kappa shape index (κ2) is 20.8. The molecule has 202 valence electrons. The van der Waals surface area contributed by atoms with Crippen LogP contribution in [0.5, 0.6) is 0 Å². The van der Waals surface area contributed by atoms with Gasteiger partial charge in [0, 0.05) is 0 Å². The molecule has 0 aliphatic heterocycles. The molecule has 4 heteroatoms. The van der Waals surface area contributed by atoms with Crippen molar-refractivity contribution in [2.45, 2.75) is 160 Å². The number of hydrogen-bond acceptors (Lipinski definition) is 2. The van der Waals surface area contributed by atoms with E-state index in [1.54, 1.807) is 0 Å². The van der Waals surface area contributed by atoms with Crippen LogP contribution in [0.1, 0.15) is 126 Å². The molecule has 0 rings (SSSR count). The van der Waals surface area contributed by atoms with Crippen molar-refractivity contribution in [3.63, 3.8) is 0 Å². The molecule has 1 atom stereocenters. The summed E-state index contributed by atoms with van der Waals surface area (Å²) < 4.78 is 16.1. The maximum absolute atomic E-state index is 13.5. The molecule has 0 N–H and O–H groups in total. The van der Waals surface area contributed by atoms with Crippen LogP contribution in [-0.4, -0.2) is 46.7 Å². The van der Waals surface area contributed by atoms with Crippen molar-refractivity contribution in [1.29, 1.82) is 0 Å². The van der Waals surface area contributed by atoms with Gasteiger partial charge >= 0.3 is 225 Å². The van der Waals surface area contributed by atoms with Crippen molar-refractivity contribution in [2.75, 3.05) is 0 Å². The maximum atomic E-state index is 13.5. The number of unbranched alkanes of at least 4 members (excludes halogenated alkanes) is 6. The molecule has 0 aliphatic rings. The van der Waals surface area contributed by atoms with Crippen molar-refractivity contribution in [3.05, 3.63) is 12.3 Å². The topological polar surface area (TPSA) is 26.3 Å². The molecular weight excluding hydrogens is 630 g/mol. The molecule has 0 amide bonds. The standard InChI is InChI=1S/C6H8O2.6C4H9.2Sn/c1-3-4-8-6(2)5-7;6*1-3-4-2;;/h3-5H,2H2,1H3;6*1,3-4H2,2H3;;. The van der Waals surface area contributed by atoms with Gasteiger partial charge in [-0.2, -0.15) is 0 Å². The molecular formula is C30H62O2Sn2. The third-order valence-corrected chi connectivity index (χ3v) is 44.5. The number of hydrogen-bond donors (Lipinski definition) is 0. The van der Waals surface area contributed by atoms with Gasteiger partial charge in [0.2, 0.25) is 0 Å². The quantitative estimate of drug-likeness (QED) is 0.0572. The zero-order valence-corrected chi connectivity index (χ0v) is 30.2. The van der Waals surface area contributed by atoms with Crippen LogP contribution >= 0.6 is 0 Å². The van der Waals surface area contributed by atoms with Crippen LogP contribution in [0.4, 0.5) is 0 Å². The minimum atomic E-state index is -3.00. The zero-order chi connectivity index (χ0) is 25.8. The van der Waals surface area contributed by atoms with Crippen molar-refractivity contribution in [2.24, 2.45) is 0 Å². The fraction of sp³-hybridized carbons (Fsp3) is 0.900. The average Bonchev–Trinajstić information content (AvgIpc) is 2.87. The Morgan fingerprint density at radius 2 is 0.971 bits per heavy atom. The molecule has 0 spiro atoms. The summed E-state index contributed by atoms with van der Waals surface area (Å²) in [6.45, 7) is 16.1. The Morgan fingerprint density at radius 1 is 0.618 bits per heavy atom. The van der Waals surface area contributed by atoms with Gasteiger partial charge in [-0.15, -0.1) is 0 Å². The zero-order valence-electron chi connectivity index (χ0n) is 24.5. The fourth-order valence-corrected chi connectivity index (χ4v) is 54.5. The van der Waals surface area contributed by atoms with Crippen LogP contribution in [0.3, 0.4) is 0 Å². The molecule has 34 heavy (non-hydrogen) atoms. The van der Waals surface area contributed by atoms with Crippen LogP contribution in [0.15, 0.2) is 12.3 Å². The van der Waals surface area contributed by atoms with E-state index >= 15 is 0 Å². The van der Waals surface area contributed by atoms with Gasteiger partial charge < -0.3 is 0 Å². The minimum absolute atomic E-state index is 0.425. The summed E-state index contributed by atoms with van der Waals surface area (Å²) in [5.41, 5.74) is 0. The average molecular weight is 692 g/mol. The van der Waals surface area contributed by atoms with Crippen LogP contribution in [0, 0.1) is 0 Å². The van der Waals surface area contributed by atoms with E-state index < -0.39 is 40.4 Å². The molecule has 2 nitrogen and oxygen atoms in total. The van der Waals surface area contributed by atoms with Crippen molar-refractivity contribution in [1.82, 2.24) is 0 Å². The predicted molar refractivity (Wildman–Crippen MR) is 159 cm³/mol. The first-order valence-electron chi connectivity index (χ1n) is 15.2. The number of carbonyl (C=O) groups is 1. The summed E-state index contributed by atoms with van der Waals surface area (Å²) in [5.74, 6) is 0. The Bertz CT molecular complexity index is 476. The van der Waals surface area contributed by atoms with Gasteiger partial charge in [-0.05, 0) is 0 Å². The molecule has 0 fully saturated rings. The predicted octanol–water partition coefficient (Wildman–Crippen LogP) is 10.7. The van der Waals surface area contributed by atoms with Crippen LogP contribution in [0.2, 0.25) is 31.1 Å². The normalized spacial score (nSPS) is 14.4. The molecule has 0 heterocycles. The molecule has 1 unspecified atom stereocenters. The molecule has 0 aromatic rings. The second-order valence-corrected chi connectivity index (χ2v) is 39.0. The van der Waals surface area contributed by atoms with Gasteiger partial charge in [-0.1, -0.05) is 0 Å². The SMILES string of the molecule is CC=CO[C](C=O)([CH2][Sn]([CH2]CCC)([CH2]CCC)[CH2]CCC)[Sn]([CH2]CCC)([CH2]CCC)[CH2]CCC. The summed E-state index contributed by atoms with van der Waals surface area (Å²) in [5, 5.41) is 0. The van der Waals surface area contributed by atoms with Crippen LogP contribution in [0.25, 0.3) is 0 Å². The monoisotopic (exact) mass is 694 g/mol. The van der Waals surface area contributed by atoms with Gasteiger partial charge in [0.15, 0.2) is 0 Å². The molecule has 0 aliphatic carbocycles. The van der Waals surface area contributed by atoms with Crippen molar-refractivity contribution < 1.29 is 9.53 Å². The molecule has 0 saturated carbocycles. The van der Waals surface area contributed by atoms with Gasteiger partial charge in [-0.25, -0.2) is 0 Å². The summed E-state index contributed by atoms with van der Waals surface area (Å²) in [6, 6.07) is 0. The van der Waals surface area contributed by atoms with Gasteiger partial charge in [0.25, 0.3) is 0 Å². The Morgan fingerprint density at radius 3 is 1.26 bits per heavy atom. The van der Waals surface area contributed by atoms with Crippen LogP contribution in [-0.2, 0) is 9.53 Å². The van der Waals surface area contributed by atoms with Crippen molar-refractivity contribution in [3.8, 4) is 0 Å². The fourth-order valence-electron chi connectivity index (χ4n) is 6.15. The van der Waals surface area contributed by atoms with Gasteiger partial charge in [0.1, 0.15) is 0 Å². The second-order valence-electron chi connectivity index (χ2n) is 11.2. The van der Waals surface area contributed by atoms with E-state index in [4.69, 9.17) is 4.74 Å². The Labute approximate surface area is 223 Å². The van der Waals surface area contributed by atoms with E-state index in [0.717, 1.165) is 0 Å². The number of allylic oxidation sites excluding steroid dienone is 1. The summed E-state index contributed by atoms with van der Waals surface area (Å²) in [4.78, 5) is 13.5. The third kappa shape index (κ3) is 11.5. The Kier molecular flexibility index (Phi) is 21.3. The Balaban J connectivity index is 6.80. The number of ether oxygens (including phenoxy) is 1.